The minimum atomic E-state index is 0.721. The van der Waals surface area contributed by atoms with E-state index in [-0.39, 0.29) is 0 Å². The highest BCUT2D eigenvalue weighted by atomic mass is 35.5. The molecule has 0 unspecified atom stereocenters. The third kappa shape index (κ3) is 2.04. The molecule has 0 radical (unpaired) electrons. The van der Waals surface area contributed by atoms with Crippen molar-refractivity contribution in [3.8, 4) is 5.69 Å². The molecule has 0 aliphatic heterocycles. The number of rotatable bonds is 2. The molecule has 0 spiro atoms. The lowest BCUT2D eigenvalue weighted by Gasteiger charge is -2.15. The molecule has 4 nitrogen and oxygen atoms in total. The third-order valence-electron chi connectivity index (χ3n) is 3.01. The van der Waals surface area contributed by atoms with Crippen LogP contribution in [-0.2, 0) is 0 Å². The van der Waals surface area contributed by atoms with Crippen molar-refractivity contribution in [3.05, 3.63) is 47.5 Å². The third-order valence-corrected chi connectivity index (χ3v) is 3.33. The van der Waals surface area contributed by atoms with Crippen LogP contribution in [-0.4, -0.2) is 29.1 Å². The van der Waals surface area contributed by atoms with Gasteiger partial charge in [-0.15, -0.1) is 5.10 Å². The monoisotopic (exact) mass is 272 g/mol. The quantitative estimate of drug-likeness (QED) is 0.719. The first-order valence-electron chi connectivity index (χ1n) is 5.94. The summed E-state index contributed by atoms with van der Waals surface area (Å²) in [4.78, 5) is 1.98. The van der Waals surface area contributed by atoms with Gasteiger partial charge in [-0.3, -0.25) is 0 Å². The van der Waals surface area contributed by atoms with Gasteiger partial charge in [0, 0.05) is 14.1 Å². The molecule has 0 fully saturated rings. The van der Waals surface area contributed by atoms with Gasteiger partial charge in [0.15, 0.2) is 0 Å². The fraction of sp³-hybridized carbons (Fsp3) is 0.143. The Balaban J connectivity index is 2.19. The largest absolute Gasteiger partial charge is 0.376 e. The predicted molar refractivity (Wildman–Crippen MR) is 78.2 cm³/mol. The molecule has 1 heterocycles. The van der Waals surface area contributed by atoms with E-state index in [0.29, 0.717) is 0 Å². The van der Waals surface area contributed by atoms with Crippen LogP contribution in [0.4, 0.5) is 5.69 Å². The summed E-state index contributed by atoms with van der Waals surface area (Å²) in [6, 6.07) is 13.7. The summed E-state index contributed by atoms with van der Waals surface area (Å²) in [6.45, 7) is 0. The second-order valence-corrected chi connectivity index (χ2v) is 4.93. The highest BCUT2D eigenvalue weighted by Gasteiger charge is 2.09. The molecule has 2 aromatic carbocycles. The number of nitrogens with zero attached hydrogens (tertiary/aromatic N) is 4. The first-order valence-corrected chi connectivity index (χ1v) is 6.32. The van der Waals surface area contributed by atoms with Gasteiger partial charge < -0.3 is 4.90 Å². The number of halogens is 1. The topological polar surface area (TPSA) is 34.0 Å². The van der Waals surface area contributed by atoms with E-state index in [9.17, 15) is 0 Å². The maximum absolute atomic E-state index is 6.18. The molecular weight excluding hydrogens is 260 g/mol. The van der Waals surface area contributed by atoms with Gasteiger partial charge in [0.1, 0.15) is 5.52 Å². The van der Waals surface area contributed by atoms with Crippen molar-refractivity contribution in [1.29, 1.82) is 0 Å². The van der Waals surface area contributed by atoms with Gasteiger partial charge in [0.05, 0.1) is 21.9 Å². The molecule has 0 aliphatic rings. The number of anilines is 1. The Hall–Kier alpha value is -2.07. The molecule has 0 amide bonds. The summed E-state index contributed by atoms with van der Waals surface area (Å²) in [5.74, 6) is 0. The summed E-state index contributed by atoms with van der Waals surface area (Å²) in [6.07, 6.45) is 0. The number of para-hydroxylation sites is 1. The standard InChI is InChI=1S/C14H13ClN4/c1-18(2)14-9-10(7-8-11(14)15)19-13-6-4-3-5-12(13)16-17-19/h3-9H,1-2H3. The fourth-order valence-corrected chi connectivity index (χ4v) is 2.32. The minimum Gasteiger partial charge on any atom is -0.376 e. The molecule has 3 rings (SSSR count). The Kier molecular flexibility index (Phi) is 2.87. The first kappa shape index (κ1) is 12.0. The highest BCUT2D eigenvalue weighted by Crippen LogP contribution is 2.27. The summed E-state index contributed by atoms with van der Waals surface area (Å²) in [7, 11) is 3.93. The van der Waals surface area contributed by atoms with Crippen LogP contribution in [0.3, 0.4) is 0 Å². The van der Waals surface area contributed by atoms with Crippen LogP contribution in [0, 0.1) is 0 Å². The number of hydrogen-bond donors (Lipinski definition) is 0. The maximum Gasteiger partial charge on any atom is 0.113 e. The van der Waals surface area contributed by atoms with Crippen LogP contribution in [0.15, 0.2) is 42.5 Å². The molecule has 0 aliphatic carbocycles. The van der Waals surface area contributed by atoms with Gasteiger partial charge in [-0.25, -0.2) is 4.68 Å². The van der Waals surface area contributed by atoms with Crippen LogP contribution in [0.1, 0.15) is 0 Å². The molecule has 5 heteroatoms. The van der Waals surface area contributed by atoms with Gasteiger partial charge in [-0.05, 0) is 30.3 Å². The molecule has 0 saturated carbocycles. The number of fused-ring (bicyclic) bond motifs is 1. The Bertz CT molecular complexity index is 733. The van der Waals surface area contributed by atoms with E-state index in [2.05, 4.69) is 10.3 Å². The van der Waals surface area contributed by atoms with Crippen LogP contribution in [0.2, 0.25) is 5.02 Å². The molecule has 19 heavy (non-hydrogen) atoms. The molecule has 96 valence electrons. The van der Waals surface area contributed by atoms with Crippen LogP contribution in [0.25, 0.3) is 16.7 Å². The average Bonchev–Trinajstić information content (AvgIpc) is 2.83. The van der Waals surface area contributed by atoms with Crippen molar-refractivity contribution in [3.63, 3.8) is 0 Å². The van der Waals surface area contributed by atoms with E-state index in [4.69, 9.17) is 11.6 Å². The molecule has 0 saturated heterocycles. The Morgan fingerprint density at radius 2 is 1.89 bits per heavy atom. The van der Waals surface area contributed by atoms with Gasteiger partial charge >= 0.3 is 0 Å². The minimum absolute atomic E-state index is 0.721. The van der Waals surface area contributed by atoms with Crippen LogP contribution < -0.4 is 4.90 Å². The first-order chi connectivity index (χ1) is 9.16. The Labute approximate surface area is 116 Å². The van der Waals surface area contributed by atoms with E-state index < -0.39 is 0 Å². The van der Waals surface area contributed by atoms with E-state index >= 15 is 0 Å². The smallest absolute Gasteiger partial charge is 0.113 e. The summed E-state index contributed by atoms with van der Waals surface area (Å²) in [5.41, 5.74) is 3.76. The fourth-order valence-electron chi connectivity index (χ4n) is 2.04. The Morgan fingerprint density at radius 1 is 1.11 bits per heavy atom. The van der Waals surface area contributed by atoms with Crippen molar-refractivity contribution in [2.45, 2.75) is 0 Å². The summed E-state index contributed by atoms with van der Waals surface area (Å²) in [5, 5.41) is 9.08. The average molecular weight is 273 g/mol. The van der Waals surface area contributed by atoms with E-state index in [1.165, 1.54) is 0 Å². The second-order valence-electron chi connectivity index (χ2n) is 4.52. The molecule has 3 aromatic rings. The van der Waals surface area contributed by atoms with Crippen LogP contribution >= 0.6 is 11.6 Å². The zero-order chi connectivity index (χ0) is 13.4. The van der Waals surface area contributed by atoms with Gasteiger partial charge in [-0.1, -0.05) is 28.9 Å². The number of hydrogen-bond acceptors (Lipinski definition) is 3. The zero-order valence-electron chi connectivity index (χ0n) is 10.7. The van der Waals surface area contributed by atoms with Gasteiger partial charge in [-0.2, -0.15) is 0 Å². The lowest BCUT2D eigenvalue weighted by molar-refractivity contribution is 0.823. The number of aromatic nitrogens is 3. The van der Waals surface area contributed by atoms with Crippen molar-refractivity contribution in [2.24, 2.45) is 0 Å². The maximum atomic E-state index is 6.18. The zero-order valence-corrected chi connectivity index (χ0v) is 11.5. The molecular formula is C14H13ClN4. The highest BCUT2D eigenvalue weighted by molar-refractivity contribution is 6.33. The van der Waals surface area contributed by atoms with Crippen molar-refractivity contribution in [2.75, 3.05) is 19.0 Å². The molecule has 0 N–H and O–H groups in total. The normalized spacial score (nSPS) is 10.9. The lowest BCUT2D eigenvalue weighted by Crippen LogP contribution is -2.10. The van der Waals surface area contributed by atoms with Crippen LogP contribution in [0.5, 0.6) is 0 Å². The molecule has 1 aromatic heterocycles. The van der Waals surface area contributed by atoms with E-state index in [1.807, 2.05) is 66.1 Å². The van der Waals surface area contributed by atoms with Gasteiger partial charge in [0.2, 0.25) is 0 Å². The van der Waals surface area contributed by atoms with Gasteiger partial charge in [0.25, 0.3) is 0 Å². The SMILES string of the molecule is CN(C)c1cc(-n2nnc3ccccc32)ccc1Cl. The number of benzene rings is 2. The van der Waals surface area contributed by atoms with Crippen molar-refractivity contribution in [1.82, 2.24) is 15.0 Å². The van der Waals surface area contributed by atoms with E-state index in [1.54, 1.807) is 0 Å². The summed E-state index contributed by atoms with van der Waals surface area (Å²) >= 11 is 6.18. The van der Waals surface area contributed by atoms with Crippen molar-refractivity contribution >= 4 is 28.3 Å². The predicted octanol–water partition coefficient (Wildman–Crippen LogP) is 3.14. The van der Waals surface area contributed by atoms with E-state index in [0.717, 1.165) is 27.4 Å². The van der Waals surface area contributed by atoms with Crippen molar-refractivity contribution < 1.29 is 0 Å². The molecule has 0 atom stereocenters. The Morgan fingerprint density at radius 3 is 2.68 bits per heavy atom. The molecule has 0 bridgehead atoms. The lowest BCUT2D eigenvalue weighted by atomic mass is 10.2. The summed E-state index contributed by atoms with van der Waals surface area (Å²) < 4.78 is 1.82. The second kappa shape index (κ2) is 4.55.